The van der Waals surface area contributed by atoms with E-state index in [4.69, 9.17) is 0 Å². The molecule has 0 saturated heterocycles. The van der Waals surface area contributed by atoms with E-state index in [0.29, 0.717) is 0 Å². The maximum Gasteiger partial charge on any atom is 0.194 e. The van der Waals surface area contributed by atoms with Crippen LogP contribution in [0.15, 0.2) is 29.8 Å². The smallest absolute Gasteiger partial charge is 0.194 e. The number of imidazole rings is 1. The van der Waals surface area contributed by atoms with Crippen LogP contribution in [0.1, 0.15) is 0 Å². The molecule has 5 nitrogen and oxygen atoms in total. The first-order chi connectivity index (χ1) is 8.83. The number of hydrogen-bond acceptors (Lipinski definition) is 4. The van der Waals surface area contributed by atoms with Crippen LogP contribution < -0.4 is 0 Å². The molecule has 18 heavy (non-hydrogen) atoms. The summed E-state index contributed by atoms with van der Waals surface area (Å²) in [6.45, 7) is 0. The van der Waals surface area contributed by atoms with Crippen molar-refractivity contribution in [2.24, 2.45) is 7.05 Å². The summed E-state index contributed by atoms with van der Waals surface area (Å²) in [6.07, 6.45) is 4.72. The van der Waals surface area contributed by atoms with Gasteiger partial charge in [0.1, 0.15) is 11.7 Å². The zero-order valence-corrected chi connectivity index (χ0v) is 10.3. The van der Waals surface area contributed by atoms with Crippen molar-refractivity contribution in [2.45, 2.75) is 0 Å². The number of thiazole rings is 1. The Hall–Kier alpha value is -2.21. The molecule has 0 spiro atoms. The van der Waals surface area contributed by atoms with E-state index in [1.54, 1.807) is 16.0 Å². The van der Waals surface area contributed by atoms with E-state index in [2.05, 4.69) is 39.0 Å². The van der Waals surface area contributed by atoms with Gasteiger partial charge in [-0.3, -0.25) is 4.40 Å². The highest BCUT2D eigenvalue weighted by Gasteiger charge is 2.09. The zero-order valence-electron chi connectivity index (χ0n) is 9.53. The third-order valence-corrected chi connectivity index (χ3v) is 3.83. The number of aromatic nitrogens is 5. The van der Waals surface area contributed by atoms with Gasteiger partial charge in [-0.2, -0.15) is 0 Å². The fourth-order valence-corrected chi connectivity index (χ4v) is 2.91. The average Bonchev–Trinajstić information content (AvgIpc) is 3.04. The van der Waals surface area contributed by atoms with E-state index in [0.717, 1.165) is 27.3 Å². The van der Waals surface area contributed by atoms with Crippen LogP contribution in [0.4, 0.5) is 0 Å². The topological polar surface area (TPSA) is 48.0 Å². The molecule has 0 unspecified atom stereocenters. The van der Waals surface area contributed by atoms with Crippen molar-refractivity contribution >= 4 is 27.3 Å². The highest BCUT2D eigenvalue weighted by atomic mass is 32.1. The monoisotopic (exact) mass is 254 g/mol. The Morgan fingerprint density at radius 2 is 2.28 bits per heavy atom. The second-order valence-electron chi connectivity index (χ2n) is 4.06. The lowest BCUT2D eigenvalue weighted by molar-refractivity contribution is 0.736. The van der Waals surface area contributed by atoms with E-state index in [9.17, 15) is 0 Å². The summed E-state index contributed by atoms with van der Waals surface area (Å²) in [7, 11) is 1.90. The van der Waals surface area contributed by atoms with Crippen LogP contribution in [0.3, 0.4) is 0 Å². The molecular formula is C12H8N5S. The fraction of sp³-hybridized carbons (Fsp3) is 0.0833. The van der Waals surface area contributed by atoms with Gasteiger partial charge in [0.05, 0.1) is 11.2 Å². The van der Waals surface area contributed by atoms with Crippen LogP contribution in [-0.2, 0) is 7.05 Å². The molecule has 4 rings (SSSR count). The fourth-order valence-electron chi connectivity index (χ4n) is 2.07. The van der Waals surface area contributed by atoms with Crippen molar-refractivity contribution in [1.82, 2.24) is 24.4 Å². The summed E-state index contributed by atoms with van der Waals surface area (Å²) in [5.74, 6) is 0. The van der Waals surface area contributed by atoms with E-state index in [-0.39, 0.29) is 0 Å². The number of rotatable bonds is 1. The molecule has 0 fully saturated rings. The lowest BCUT2D eigenvalue weighted by Gasteiger charge is -2.00. The standard InChI is InChI=1S/C12H8N5S/c1-16-10-6-8(2-3-9(10)14-15-16)11-7-18-12-13-4-5-17(11)12/h2-3,5-7H,1H3. The Labute approximate surface area is 106 Å². The predicted octanol–water partition coefficient (Wildman–Crippen LogP) is 2.14. The molecule has 1 aromatic carbocycles. The number of aryl methyl sites for hydroxylation is 1. The number of benzene rings is 1. The van der Waals surface area contributed by atoms with Crippen LogP contribution in [0, 0.1) is 6.20 Å². The maximum absolute atomic E-state index is 4.16. The van der Waals surface area contributed by atoms with Crippen LogP contribution >= 0.6 is 11.3 Å². The molecule has 3 heterocycles. The van der Waals surface area contributed by atoms with Gasteiger partial charge in [-0.1, -0.05) is 11.3 Å². The van der Waals surface area contributed by atoms with Crippen LogP contribution in [0.2, 0.25) is 0 Å². The van der Waals surface area contributed by atoms with E-state index in [1.165, 1.54) is 0 Å². The highest BCUT2D eigenvalue weighted by Crippen LogP contribution is 2.27. The lowest BCUT2D eigenvalue weighted by atomic mass is 10.1. The molecule has 0 aliphatic rings. The van der Waals surface area contributed by atoms with Gasteiger partial charge in [-0.25, -0.2) is 9.67 Å². The summed E-state index contributed by atoms with van der Waals surface area (Å²) >= 11 is 1.61. The number of hydrogen-bond donors (Lipinski definition) is 0. The van der Waals surface area contributed by atoms with Gasteiger partial charge in [-0.15, -0.1) is 16.4 Å². The SMILES string of the molecule is Cn1nnc2ccc(-c3csc4n[c]cn34)cc21. The Morgan fingerprint density at radius 3 is 3.22 bits per heavy atom. The summed E-state index contributed by atoms with van der Waals surface area (Å²) < 4.78 is 3.82. The summed E-state index contributed by atoms with van der Waals surface area (Å²) in [5.41, 5.74) is 4.18. The molecule has 3 aromatic heterocycles. The number of fused-ring (bicyclic) bond motifs is 2. The van der Waals surface area contributed by atoms with Crippen molar-refractivity contribution < 1.29 is 0 Å². The van der Waals surface area contributed by atoms with Crippen LogP contribution in [0.5, 0.6) is 0 Å². The van der Waals surface area contributed by atoms with Crippen molar-refractivity contribution in [2.75, 3.05) is 0 Å². The van der Waals surface area contributed by atoms with Gasteiger partial charge in [0.15, 0.2) is 4.96 Å². The van der Waals surface area contributed by atoms with Crippen molar-refractivity contribution in [1.29, 1.82) is 0 Å². The minimum atomic E-state index is 0.907. The third kappa shape index (κ3) is 1.23. The molecule has 0 bridgehead atoms. The van der Waals surface area contributed by atoms with Gasteiger partial charge in [0, 0.05) is 24.2 Å². The molecule has 4 aromatic rings. The quantitative estimate of drug-likeness (QED) is 0.523. The van der Waals surface area contributed by atoms with Gasteiger partial charge < -0.3 is 0 Å². The van der Waals surface area contributed by atoms with Gasteiger partial charge >= 0.3 is 0 Å². The second kappa shape index (κ2) is 3.39. The first-order valence-electron chi connectivity index (χ1n) is 5.45. The van der Waals surface area contributed by atoms with Crippen molar-refractivity contribution in [3.63, 3.8) is 0 Å². The minimum Gasteiger partial charge on any atom is -0.290 e. The molecule has 0 N–H and O–H groups in total. The van der Waals surface area contributed by atoms with E-state index < -0.39 is 0 Å². The first kappa shape index (κ1) is 9.78. The molecule has 0 aliphatic heterocycles. The minimum absolute atomic E-state index is 0.907. The molecular weight excluding hydrogens is 246 g/mol. The maximum atomic E-state index is 4.16. The molecule has 0 saturated carbocycles. The summed E-state index contributed by atoms with van der Waals surface area (Å²) in [6, 6.07) is 6.14. The molecule has 1 radical (unpaired) electrons. The normalized spacial score (nSPS) is 11.6. The van der Waals surface area contributed by atoms with Gasteiger partial charge in [-0.05, 0) is 12.1 Å². The Morgan fingerprint density at radius 1 is 1.33 bits per heavy atom. The summed E-state index contributed by atoms with van der Waals surface area (Å²) in [4.78, 5) is 5.11. The largest absolute Gasteiger partial charge is 0.290 e. The summed E-state index contributed by atoms with van der Waals surface area (Å²) in [5, 5.41) is 10.2. The zero-order chi connectivity index (χ0) is 12.1. The van der Waals surface area contributed by atoms with Gasteiger partial charge in [0.25, 0.3) is 0 Å². The van der Waals surface area contributed by atoms with Crippen LogP contribution in [-0.4, -0.2) is 24.4 Å². The third-order valence-electron chi connectivity index (χ3n) is 3.00. The van der Waals surface area contributed by atoms with Gasteiger partial charge in [0.2, 0.25) is 0 Å². The number of nitrogens with zero attached hydrogens (tertiary/aromatic N) is 5. The average molecular weight is 254 g/mol. The second-order valence-corrected chi connectivity index (χ2v) is 4.90. The molecule has 0 atom stereocenters. The van der Waals surface area contributed by atoms with Crippen molar-refractivity contribution in [3.8, 4) is 11.3 Å². The molecule has 87 valence electrons. The van der Waals surface area contributed by atoms with E-state index in [1.807, 2.05) is 23.7 Å². The lowest BCUT2D eigenvalue weighted by Crippen LogP contribution is -1.90. The molecule has 0 amide bonds. The van der Waals surface area contributed by atoms with Crippen LogP contribution in [0.25, 0.3) is 27.3 Å². The highest BCUT2D eigenvalue weighted by molar-refractivity contribution is 7.15. The van der Waals surface area contributed by atoms with E-state index >= 15 is 0 Å². The first-order valence-corrected chi connectivity index (χ1v) is 6.33. The Bertz CT molecular complexity index is 854. The predicted molar refractivity (Wildman–Crippen MR) is 69.4 cm³/mol. The molecule has 6 heteroatoms. The Kier molecular flexibility index (Phi) is 1.84. The van der Waals surface area contributed by atoms with Crippen molar-refractivity contribution in [3.05, 3.63) is 36.0 Å². The molecule has 0 aliphatic carbocycles. The Balaban J connectivity index is 2.02.